The number of aliphatic imine (C=N–C) groups is 1. The molecule has 0 aromatic heterocycles. The van der Waals surface area contributed by atoms with Gasteiger partial charge < -0.3 is 10.2 Å². The molecule has 5 nitrogen and oxygen atoms in total. The second kappa shape index (κ2) is 6.08. The molecule has 1 aliphatic heterocycles. The van der Waals surface area contributed by atoms with E-state index in [4.69, 9.17) is 0 Å². The molecule has 0 bridgehead atoms. The van der Waals surface area contributed by atoms with Gasteiger partial charge in [0.2, 0.25) is 0 Å². The Bertz CT molecular complexity index is 332. The van der Waals surface area contributed by atoms with Crippen LogP contribution in [0.15, 0.2) is 4.99 Å². The molecule has 0 amide bonds. The van der Waals surface area contributed by atoms with Crippen LogP contribution in [-0.4, -0.2) is 58.0 Å². The molecule has 6 heteroatoms. The van der Waals surface area contributed by atoms with Crippen LogP contribution in [0, 0.1) is 0 Å². The van der Waals surface area contributed by atoms with Crippen molar-refractivity contribution in [2.45, 2.75) is 19.3 Å². The van der Waals surface area contributed by atoms with Crippen LogP contribution < -0.4 is 5.32 Å². The summed E-state index contributed by atoms with van der Waals surface area (Å²) in [6, 6.07) is 0. The number of likely N-dealkylation sites (tertiary alicyclic amines) is 1. The summed E-state index contributed by atoms with van der Waals surface area (Å²) < 4.78 is 21.9. The lowest BCUT2D eigenvalue weighted by atomic mass is 10.4. The molecule has 0 aromatic rings. The molecule has 0 saturated carbocycles. The van der Waals surface area contributed by atoms with Crippen molar-refractivity contribution < 1.29 is 8.42 Å². The number of sulfone groups is 1. The number of rotatable bonds is 4. The number of nitrogens with one attached hydrogen (secondary N) is 1. The van der Waals surface area contributed by atoms with Gasteiger partial charge in [-0.05, 0) is 19.3 Å². The minimum atomic E-state index is -2.84. The molecule has 0 atom stereocenters. The molecular weight excluding hydrogens is 226 g/mol. The van der Waals surface area contributed by atoms with E-state index in [0.29, 0.717) is 13.0 Å². The van der Waals surface area contributed by atoms with E-state index in [1.54, 1.807) is 7.05 Å². The van der Waals surface area contributed by atoms with E-state index in [1.807, 2.05) is 0 Å². The fourth-order valence-electron chi connectivity index (χ4n) is 1.80. The highest BCUT2D eigenvalue weighted by atomic mass is 32.2. The monoisotopic (exact) mass is 247 g/mol. The zero-order chi connectivity index (χ0) is 12.0. The Hall–Kier alpha value is -0.780. The molecule has 0 aromatic carbocycles. The average molecular weight is 247 g/mol. The quantitative estimate of drug-likeness (QED) is 0.434. The van der Waals surface area contributed by atoms with Crippen molar-refractivity contribution in [1.29, 1.82) is 0 Å². The van der Waals surface area contributed by atoms with E-state index in [2.05, 4.69) is 15.2 Å². The molecule has 0 radical (unpaired) electrons. The third-order valence-electron chi connectivity index (χ3n) is 2.59. The predicted octanol–water partition coefficient (Wildman–Crippen LogP) is 0.0923. The van der Waals surface area contributed by atoms with E-state index in [1.165, 1.54) is 19.1 Å². The SMILES string of the molecule is CN=C(NCCCS(C)(=O)=O)N1CCCC1. The number of guanidine groups is 1. The van der Waals surface area contributed by atoms with Crippen molar-refractivity contribution >= 4 is 15.8 Å². The van der Waals surface area contributed by atoms with Crippen LogP contribution in [0.3, 0.4) is 0 Å². The van der Waals surface area contributed by atoms with Crippen LogP contribution in [-0.2, 0) is 9.84 Å². The topological polar surface area (TPSA) is 61.8 Å². The predicted molar refractivity (Wildman–Crippen MR) is 66.5 cm³/mol. The maximum Gasteiger partial charge on any atom is 0.193 e. The molecule has 1 saturated heterocycles. The Balaban J connectivity index is 2.25. The summed E-state index contributed by atoms with van der Waals surface area (Å²) in [5.41, 5.74) is 0. The molecule has 0 spiro atoms. The molecule has 1 fully saturated rings. The van der Waals surface area contributed by atoms with Gasteiger partial charge in [-0.1, -0.05) is 0 Å². The van der Waals surface area contributed by atoms with Crippen molar-refractivity contribution in [2.75, 3.05) is 38.7 Å². The Morgan fingerprint density at radius 1 is 1.38 bits per heavy atom. The van der Waals surface area contributed by atoms with Gasteiger partial charge >= 0.3 is 0 Å². The highest BCUT2D eigenvalue weighted by molar-refractivity contribution is 7.90. The summed E-state index contributed by atoms with van der Waals surface area (Å²) in [7, 11) is -1.08. The molecule has 1 heterocycles. The summed E-state index contributed by atoms with van der Waals surface area (Å²) in [5.74, 6) is 1.13. The molecule has 1 rings (SSSR count). The van der Waals surface area contributed by atoms with Gasteiger partial charge in [0.1, 0.15) is 9.84 Å². The van der Waals surface area contributed by atoms with Gasteiger partial charge in [0.05, 0.1) is 5.75 Å². The second-order valence-corrected chi connectivity index (χ2v) is 6.41. The summed E-state index contributed by atoms with van der Waals surface area (Å²) in [5, 5.41) is 3.20. The van der Waals surface area contributed by atoms with Gasteiger partial charge in [0.15, 0.2) is 5.96 Å². The third-order valence-corrected chi connectivity index (χ3v) is 3.62. The summed E-state index contributed by atoms with van der Waals surface area (Å²) in [6.45, 7) is 2.76. The summed E-state index contributed by atoms with van der Waals surface area (Å²) in [4.78, 5) is 6.39. The van der Waals surface area contributed by atoms with Crippen molar-refractivity contribution in [3.63, 3.8) is 0 Å². The van der Waals surface area contributed by atoms with Crippen LogP contribution in [0.1, 0.15) is 19.3 Å². The minimum absolute atomic E-state index is 0.233. The van der Waals surface area contributed by atoms with Gasteiger partial charge in [-0.25, -0.2) is 8.42 Å². The largest absolute Gasteiger partial charge is 0.356 e. The molecule has 94 valence electrons. The minimum Gasteiger partial charge on any atom is -0.356 e. The van der Waals surface area contributed by atoms with Gasteiger partial charge in [0, 0.05) is 32.9 Å². The number of nitrogens with zero attached hydrogens (tertiary/aromatic N) is 2. The number of hydrogen-bond acceptors (Lipinski definition) is 3. The smallest absolute Gasteiger partial charge is 0.193 e. The molecule has 0 unspecified atom stereocenters. The van der Waals surface area contributed by atoms with Gasteiger partial charge in [0.25, 0.3) is 0 Å². The Morgan fingerprint density at radius 2 is 2.00 bits per heavy atom. The number of hydrogen-bond donors (Lipinski definition) is 1. The van der Waals surface area contributed by atoms with Crippen LogP contribution in [0.2, 0.25) is 0 Å². The maximum atomic E-state index is 10.9. The molecule has 16 heavy (non-hydrogen) atoms. The van der Waals surface area contributed by atoms with E-state index < -0.39 is 9.84 Å². The molecule has 1 aliphatic rings. The van der Waals surface area contributed by atoms with Gasteiger partial charge in [-0.2, -0.15) is 0 Å². The lowest BCUT2D eigenvalue weighted by Gasteiger charge is -2.20. The second-order valence-electron chi connectivity index (χ2n) is 4.15. The first kappa shape index (κ1) is 13.3. The zero-order valence-corrected chi connectivity index (χ0v) is 10.9. The van der Waals surface area contributed by atoms with Crippen LogP contribution in [0.4, 0.5) is 0 Å². The molecular formula is C10H21N3O2S. The normalized spacial score (nSPS) is 17.9. The zero-order valence-electron chi connectivity index (χ0n) is 10.1. The summed E-state index contributed by atoms with van der Waals surface area (Å²) >= 11 is 0. The van der Waals surface area contributed by atoms with E-state index in [9.17, 15) is 8.42 Å². The first-order valence-corrected chi connectivity index (χ1v) is 7.72. The van der Waals surface area contributed by atoms with E-state index in [0.717, 1.165) is 19.0 Å². The molecule has 1 N–H and O–H groups in total. The van der Waals surface area contributed by atoms with E-state index in [-0.39, 0.29) is 5.75 Å². The van der Waals surface area contributed by atoms with Crippen molar-refractivity contribution in [1.82, 2.24) is 10.2 Å². The first-order valence-electron chi connectivity index (χ1n) is 5.66. The van der Waals surface area contributed by atoms with Crippen molar-refractivity contribution in [2.24, 2.45) is 4.99 Å². The highest BCUT2D eigenvalue weighted by Crippen LogP contribution is 2.06. The fourth-order valence-corrected chi connectivity index (χ4v) is 2.46. The standard InChI is InChI=1S/C10H21N3O2S/c1-11-10(13-7-3-4-8-13)12-6-5-9-16(2,14)15/h3-9H2,1-2H3,(H,11,12). The Labute approximate surface area is 97.8 Å². The van der Waals surface area contributed by atoms with Gasteiger partial charge in [-0.15, -0.1) is 0 Å². The maximum absolute atomic E-state index is 10.9. The summed E-state index contributed by atoms with van der Waals surface area (Å²) in [6.07, 6.45) is 4.32. The lowest BCUT2D eigenvalue weighted by molar-refractivity contribution is 0.493. The van der Waals surface area contributed by atoms with Crippen LogP contribution >= 0.6 is 0 Å². The Kier molecular flexibility index (Phi) is 5.05. The third kappa shape index (κ3) is 4.83. The highest BCUT2D eigenvalue weighted by Gasteiger charge is 2.15. The average Bonchev–Trinajstić information content (AvgIpc) is 2.69. The van der Waals surface area contributed by atoms with Crippen LogP contribution in [0.25, 0.3) is 0 Å². The Morgan fingerprint density at radius 3 is 2.50 bits per heavy atom. The van der Waals surface area contributed by atoms with Gasteiger partial charge in [-0.3, -0.25) is 4.99 Å². The van der Waals surface area contributed by atoms with E-state index >= 15 is 0 Å². The van der Waals surface area contributed by atoms with Crippen LogP contribution in [0.5, 0.6) is 0 Å². The lowest BCUT2D eigenvalue weighted by Crippen LogP contribution is -2.40. The molecule has 0 aliphatic carbocycles. The van der Waals surface area contributed by atoms with Crippen molar-refractivity contribution in [3.8, 4) is 0 Å². The fraction of sp³-hybridized carbons (Fsp3) is 0.900. The van der Waals surface area contributed by atoms with Crippen molar-refractivity contribution in [3.05, 3.63) is 0 Å². The first-order chi connectivity index (χ1) is 7.53.